The van der Waals surface area contributed by atoms with Crippen molar-refractivity contribution in [1.29, 1.82) is 0 Å². The van der Waals surface area contributed by atoms with Gasteiger partial charge in [-0.05, 0) is 78.4 Å². The molecule has 0 saturated heterocycles. The average Bonchev–Trinajstić information content (AvgIpc) is 3.45. The van der Waals surface area contributed by atoms with Gasteiger partial charge in [-0.2, -0.15) is 0 Å². The second-order valence-corrected chi connectivity index (χ2v) is 12.8. The smallest absolute Gasteiger partial charge is 0.380 e. The van der Waals surface area contributed by atoms with Crippen molar-refractivity contribution >= 4 is 21.8 Å². The number of hydrogen-bond donors (Lipinski definition) is 0. The van der Waals surface area contributed by atoms with Crippen molar-refractivity contribution in [1.82, 2.24) is 19.5 Å². The van der Waals surface area contributed by atoms with Gasteiger partial charge < -0.3 is 19.5 Å². The summed E-state index contributed by atoms with van der Waals surface area (Å²) in [4.78, 5) is 13.4. The molecule has 0 aliphatic heterocycles. The largest absolute Gasteiger partial charge is 3.00 e. The van der Waals surface area contributed by atoms with Crippen molar-refractivity contribution in [3.8, 4) is 33.8 Å². The van der Waals surface area contributed by atoms with Crippen molar-refractivity contribution in [3.05, 3.63) is 175 Å². The normalized spacial score (nSPS) is 10.5. The Morgan fingerprint density at radius 3 is 1.71 bits per heavy atom. The van der Waals surface area contributed by atoms with Crippen LogP contribution in [0.25, 0.3) is 55.6 Å². The van der Waals surface area contributed by atoms with Crippen LogP contribution in [0.4, 0.5) is 0 Å². The van der Waals surface area contributed by atoms with Crippen molar-refractivity contribution in [2.75, 3.05) is 0 Å². The predicted octanol–water partition coefficient (Wildman–Crippen LogP) is 11.3. The Morgan fingerprint density at radius 1 is 0.569 bits per heavy atom. The van der Waals surface area contributed by atoms with E-state index >= 15 is 0 Å². The van der Waals surface area contributed by atoms with Gasteiger partial charge >= 0.3 is 20.1 Å². The molecule has 0 unspecified atom stereocenters. The van der Waals surface area contributed by atoms with Crippen LogP contribution in [-0.4, -0.2) is 19.5 Å². The molecule has 0 N–H and O–H groups in total. The number of fused-ring (bicyclic) bond motifs is 3. The number of benzene rings is 4. The summed E-state index contributed by atoms with van der Waals surface area (Å²) in [5.41, 5.74) is 11.9. The Labute approximate surface area is 315 Å². The van der Waals surface area contributed by atoms with Crippen LogP contribution in [-0.2, 0) is 26.7 Å². The summed E-state index contributed by atoms with van der Waals surface area (Å²) >= 11 is 0. The number of nitrogens with zero attached hydrogens (tertiary/aromatic N) is 4. The molecule has 0 radical (unpaired) electrons. The third-order valence-electron chi connectivity index (χ3n) is 8.19. The summed E-state index contributed by atoms with van der Waals surface area (Å²) in [6, 6.07) is 54.7. The molecule has 0 bridgehead atoms. The molecule has 51 heavy (non-hydrogen) atoms. The van der Waals surface area contributed by atoms with Gasteiger partial charge in [-0.25, -0.2) is 0 Å². The van der Waals surface area contributed by atoms with E-state index in [1.165, 1.54) is 27.4 Å². The van der Waals surface area contributed by atoms with Crippen molar-refractivity contribution < 1.29 is 20.1 Å². The maximum absolute atomic E-state index is 4.55. The number of aromatic nitrogens is 4. The Bertz CT molecular complexity index is 2210. The maximum atomic E-state index is 4.55. The van der Waals surface area contributed by atoms with Gasteiger partial charge in [0.2, 0.25) is 0 Å². The Hall–Kier alpha value is -5.22. The Morgan fingerprint density at radius 2 is 1.18 bits per heavy atom. The molecule has 4 aromatic carbocycles. The molecular formula is C46H41IrN4. The summed E-state index contributed by atoms with van der Waals surface area (Å²) < 4.78 is 2.41. The number of para-hydroxylation sites is 1. The molecule has 0 atom stereocenters. The van der Waals surface area contributed by atoms with Crippen LogP contribution in [0, 0.1) is 44.9 Å². The molecule has 4 aromatic heterocycles. The SMILES string of the molecule is Cc1ccc(-c2[c-]cc3c(c2)c2ccccc2n3CC(C)C)nc1.Cc1cccc(-c2[c-]cccc2)n1.Cc1cccc(-c2[c-]cccc2)n1.[Ir+3]. The second-order valence-electron chi connectivity index (χ2n) is 12.8. The van der Waals surface area contributed by atoms with E-state index in [1.54, 1.807) is 0 Å². The number of hydrogen-bond acceptors (Lipinski definition) is 3. The average molecular weight is 842 g/mol. The van der Waals surface area contributed by atoms with E-state index in [2.05, 4.69) is 107 Å². The first-order valence-corrected chi connectivity index (χ1v) is 17.0. The number of pyridine rings is 3. The summed E-state index contributed by atoms with van der Waals surface area (Å²) in [5.74, 6) is 0.599. The summed E-state index contributed by atoms with van der Waals surface area (Å²) in [5, 5.41) is 2.58. The molecule has 5 heteroatoms. The Kier molecular flexibility index (Phi) is 12.8. The molecule has 0 spiro atoms. The first kappa shape index (κ1) is 37.0. The van der Waals surface area contributed by atoms with Gasteiger partial charge in [0.15, 0.2) is 0 Å². The molecule has 254 valence electrons. The van der Waals surface area contributed by atoms with E-state index in [4.69, 9.17) is 0 Å². The fourth-order valence-electron chi connectivity index (χ4n) is 5.82. The molecule has 8 rings (SSSR count). The van der Waals surface area contributed by atoms with Crippen molar-refractivity contribution in [2.45, 2.75) is 41.2 Å². The van der Waals surface area contributed by atoms with Gasteiger partial charge in [-0.3, -0.25) is 0 Å². The van der Waals surface area contributed by atoms with Crippen LogP contribution in [0.15, 0.2) is 140 Å². The molecule has 4 heterocycles. The Balaban J connectivity index is 0.000000159. The summed E-state index contributed by atoms with van der Waals surface area (Å²) in [6.45, 7) is 11.6. The van der Waals surface area contributed by atoms with Crippen LogP contribution in [0.3, 0.4) is 0 Å². The zero-order valence-corrected chi connectivity index (χ0v) is 32.1. The van der Waals surface area contributed by atoms with Crippen LogP contribution >= 0.6 is 0 Å². The van der Waals surface area contributed by atoms with Crippen LogP contribution in [0.1, 0.15) is 30.8 Å². The number of rotatable bonds is 5. The topological polar surface area (TPSA) is 43.6 Å². The monoisotopic (exact) mass is 842 g/mol. The predicted molar refractivity (Wildman–Crippen MR) is 208 cm³/mol. The minimum atomic E-state index is 0. The van der Waals surface area contributed by atoms with E-state index in [1.807, 2.05) is 105 Å². The summed E-state index contributed by atoms with van der Waals surface area (Å²) in [6.07, 6.45) is 1.91. The van der Waals surface area contributed by atoms with Crippen molar-refractivity contribution in [3.63, 3.8) is 0 Å². The molecule has 0 amide bonds. The molecule has 0 fully saturated rings. The van der Waals surface area contributed by atoms with Gasteiger partial charge in [-0.1, -0.05) is 73.8 Å². The minimum absolute atomic E-state index is 0. The maximum Gasteiger partial charge on any atom is 3.00 e. The first-order chi connectivity index (χ1) is 24.4. The minimum Gasteiger partial charge on any atom is -0.380 e. The van der Waals surface area contributed by atoms with Gasteiger partial charge in [0.25, 0.3) is 0 Å². The van der Waals surface area contributed by atoms with E-state index in [0.717, 1.165) is 51.7 Å². The third kappa shape index (κ3) is 9.52. The van der Waals surface area contributed by atoms with E-state index < -0.39 is 0 Å². The standard InChI is InChI=1S/C22H21N2.2C12H10N.Ir/c1-15(2)14-24-21-7-5-4-6-18(21)19-12-17(9-11-22(19)24)20-10-8-16(3)13-23-20;2*1-10-6-5-9-12(13-10)11-7-3-2-4-8-11;/h4-8,10-13,15H,14H2,1-3H3;2*2-7,9H,1H3;/q3*-1;+3. The zero-order valence-electron chi connectivity index (χ0n) is 29.7. The van der Waals surface area contributed by atoms with Gasteiger partial charge in [0.05, 0.1) is 0 Å². The zero-order chi connectivity index (χ0) is 34.9. The van der Waals surface area contributed by atoms with Gasteiger partial charge in [-0.15, -0.1) is 95.6 Å². The van der Waals surface area contributed by atoms with Gasteiger partial charge in [0, 0.05) is 29.6 Å². The molecule has 4 nitrogen and oxygen atoms in total. The van der Waals surface area contributed by atoms with Crippen molar-refractivity contribution in [2.24, 2.45) is 5.92 Å². The van der Waals surface area contributed by atoms with E-state index in [-0.39, 0.29) is 20.1 Å². The van der Waals surface area contributed by atoms with Gasteiger partial charge in [0.1, 0.15) is 0 Å². The van der Waals surface area contributed by atoms with E-state index in [9.17, 15) is 0 Å². The molecule has 8 aromatic rings. The van der Waals surface area contributed by atoms with Crippen LogP contribution in [0.2, 0.25) is 0 Å². The van der Waals surface area contributed by atoms with E-state index in [0.29, 0.717) is 5.92 Å². The fourth-order valence-corrected chi connectivity index (χ4v) is 5.82. The summed E-state index contributed by atoms with van der Waals surface area (Å²) in [7, 11) is 0. The quantitative estimate of drug-likeness (QED) is 0.162. The van der Waals surface area contributed by atoms with Crippen LogP contribution < -0.4 is 0 Å². The molecular weight excluding hydrogens is 801 g/mol. The fraction of sp³-hybridized carbons (Fsp3) is 0.152. The van der Waals surface area contributed by atoms with Crippen LogP contribution in [0.5, 0.6) is 0 Å². The molecule has 0 aliphatic rings. The second kappa shape index (κ2) is 17.6. The third-order valence-corrected chi connectivity index (χ3v) is 8.19. The molecule has 0 aliphatic carbocycles. The first-order valence-electron chi connectivity index (χ1n) is 17.0. The molecule has 0 saturated carbocycles. The number of aryl methyl sites for hydroxylation is 3.